The van der Waals surface area contributed by atoms with E-state index in [1.165, 1.54) is 42.1 Å². The lowest BCUT2D eigenvalue weighted by atomic mass is 9.97. The summed E-state index contributed by atoms with van der Waals surface area (Å²) in [4.78, 5) is 4.74. The van der Waals surface area contributed by atoms with Gasteiger partial charge in [0.15, 0.2) is 0 Å². The highest BCUT2D eigenvalue weighted by Crippen LogP contribution is 2.46. The van der Waals surface area contributed by atoms with E-state index in [0.29, 0.717) is 0 Å². The van der Waals surface area contributed by atoms with E-state index in [9.17, 15) is 0 Å². The molecule has 0 saturated carbocycles. The Morgan fingerprint density at radius 1 is 0.327 bits per heavy atom. The molecule has 0 saturated heterocycles. The van der Waals surface area contributed by atoms with Crippen LogP contribution in [-0.4, -0.2) is 0 Å². The summed E-state index contributed by atoms with van der Waals surface area (Å²) in [5, 5.41) is 5.04. The van der Waals surface area contributed by atoms with Gasteiger partial charge in [-0.2, -0.15) is 0 Å². The Morgan fingerprint density at radius 2 is 0.816 bits per heavy atom. The van der Waals surface area contributed by atoms with Crippen LogP contribution in [0, 0.1) is 0 Å². The van der Waals surface area contributed by atoms with E-state index in [-0.39, 0.29) is 0 Å². The van der Waals surface area contributed by atoms with Gasteiger partial charge < -0.3 is 9.80 Å². The van der Waals surface area contributed by atoms with Gasteiger partial charge in [-0.05, 0) is 95.2 Å². The molecule has 8 aromatic carbocycles. The number of anilines is 6. The van der Waals surface area contributed by atoms with E-state index in [0.717, 1.165) is 34.1 Å². The number of hydrogen-bond donors (Lipinski definition) is 0. The molecule has 3 heteroatoms. The predicted molar refractivity (Wildman–Crippen MR) is 212 cm³/mol. The lowest BCUT2D eigenvalue weighted by molar-refractivity contribution is 1.26. The molecule has 0 radical (unpaired) electrons. The second-order valence-electron chi connectivity index (χ2n) is 12.2. The van der Waals surface area contributed by atoms with Crippen LogP contribution in [0.5, 0.6) is 0 Å². The van der Waals surface area contributed by atoms with Crippen LogP contribution in [0.1, 0.15) is 0 Å². The summed E-state index contributed by atoms with van der Waals surface area (Å²) < 4.78 is 2.59. The van der Waals surface area contributed by atoms with Crippen molar-refractivity contribution in [2.24, 2.45) is 0 Å². The highest BCUT2D eigenvalue weighted by Gasteiger charge is 2.21. The van der Waals surface area contributed by atoms with Gasteiger partial charge in [0.05, 0.1) is 5.69 Å². The Bertz CT molecular complexity index is 2500. The van der Waals surface area contributed by atoms with Crippen LogP contribution in [0.2, 0.25) is 0 Å². The number of thiophene rings is 1. The maximum absolute atomic E-state index is 2.43. The molecule has 0 N–H and O–H groups in total. The van der Waals surface area contributed by atoms with Crippen molar-refractivity contribution in [3.8, 4) is 11.1 Å². The van der Waals surface area contributed by atoms with Crippen LogP contribution in [0.15, 0.2) is 194 Å². The van der Waals surface area contributed by atoms with Crippen molar-refractivity contribution in [1.82, 2.24) is 0 Å². The fourth-order valence-corrected chi connectivity index (χ4v) is 8.03. The first-order valence-electron chi connectivity index (χ1n) is 16.6. The third kappa shape index (κ3) is 5.41. The number of benzene rings is 8. The van der Waals surface area contributed by atoms with Gasteiger partial charge in [0, 0.05) is 54.2 Å². The molecular formula is C46H32N2S. The summed E-state index contributed by atoms with van der Waals surface area (Å²) in [7, 11) is 0. The standard InChI is InChI=1S/C46H32N2S/c1-4-14-33(15-5-1)43-30-34-16-10-11-17-35(34)31-44(43)48(40-28-29-42-41-22-12-13-23-45(41)49-46(42)32-40)39-26-24-38(25-27-39)47(36-18-6-2-7-19-36)37-20-8-3-9-21-37/h1-32H. The molecule has 232 valence electrons. The van der Waals surface area contributed by atoms with Crippen molar-refractivity contribution >= 4 is 76.4 Å². The summed E-state index contributed by atoms with van der Waals surface area (Å²) in [6, 6.07) is 69.9. The molecule has 0 spiro atoms. The molecule has 0 unspecified atom stereocenters. The van der Waals surface area contributed by atoms with E-state index < -0.39 is 0 Å². The second kappa shape index (κ2) is 12.5. The topological polar surface area (TPSA) is 6.48 Å². The lowest BCUT2D eigenvalue weighted by Crippen LogP contribution is -2.13. The summed E-state index contributed by atoms with van der Waals surface area (Å²) in [5.41, 5.74) is 9.08. The number of rotatable bonds is 7. The Labute approximate surface area is 290 Å². The maximum Gasteiger partial charge on any atom is 0.0546 e. The first-order valence-corrected chi connectivity index (χ1v) is 17.4. The molecule has 0 aliphatic rings. The first-order chi connectivity index (χ1) is 24.3. The maximum atomic E-state index is 2.43. The third-order valence-electron chi connectivity index (χ3n) is 9.21. The number of fused-ring (bicyclic) bond motifs is 4. The third-order valence-corrected chi connectivity index (χ3v) is 10.3. The number of nitrogens with zero attached hydrogens (tertiary/aromatic N) is 2. The Balaban J connectivity index is 1.25. The minimum Gasteiger partial charge on any atom is -0.311 e. The molecule has 9 aromatic rings. The average molecular weight is 645 g/mol. The second-order valence-corrected chi connectivity index (χ2v) is 13.3. The molecule has 2 nitrogen and oxygen atoms in total. The van der Waals surface area contributed by atoms with Crippen LogP contribution in [0.4, 0.5) is 34.1 Å². The zero-order valence-corrected chi connectivity index (χ0v) is 27.6. The molecule has 9 rings (SSSR count). The average Bonchev–Trinajstić information content (AvgIpc) is 3.55. The Hall–Kier alpha value is -6.16. The Morgan fingerprint density at radius 3 is 1.49 bits per heavy atom. The van der Waals surface area contributed by atoms with Gasteiger partial charge in [0.25, 0.3) is 0 Å². The van der Waals surface area contributed by atoms with Crippen LogP contribution >= 0.6 is 11.3 Å². The van der Waals surface area contributed by atoms with Crippen molar-refractivity contribution in [3.05, 3.63) is 194 Å². The molecule has 49 heavy (non-hydrogen) atoms. The van der Waals surface area contributed by atoms with Crippen molar-refractivity contribution in [2.75, 3.05) is 9.80 Å². The minimum absolute atomic E-state index is 1.10. The normalized spacial score (nSPS) is 11.3. The van der Waals surface area contributed by atoms with E-state index in [1.54, 1.807) is 0 Å². The highest BCUT2D eigenvalue weighted by atomic mass is 32.1. The summed E-state index contributed by atoms with van der Waals surface area (Å²) in [6.07, 6.45) is 0. The van der Waals surface area contributed by atoms with Crippen molar-refractivity contribution < 1.29 is 0 Å². The first kappa shape index (κ1) is 29.0. The molecule has 1 heterocycles. The summed E-state index contributed by atoms with van der Waals surface area (Å²) in [6.45, 7) is 0. The molecule has 0 fully saturated rings. The molecule has 1 aromatic heterocycles. The number of para-hydroxylation sites is 2. The van der Waals surface area contributed by atoms with Gasteiger partial charge in [-0.1, -0.05) is 115 Å². The Kier molecular flexibility index (Phi) is 7.38. The molecular weight excluding hydrogens is 613 g/mol. The zero-order chi connectivity index (χ0) is 32.6. The molecule has 0 aliphatic heterocycles. The van der Waals surface area contributed by atoms with E-state index >= 15 is 0 Å². The van der Waals surface area contributed by atoms with Gasteiger partial charge in [-0.15, -0.1) is 11.3 Å². The van der Waals surface area contributed by atoms with Gasteiger partial charge in [0.2, 0.25) is 0 Å². The molecule has 0 amide bonds. The summed E-state index contributed by atoms with van der Waals surface area (Å²) in [5.74, 6) is 0. The van der Waals surface area contributed by atoms with Crippen LogP contribution in [-0.2, 0) is 0 Å². The van der Waals surface area contributed by atoms with Crippen molar-refractivity contribution in [1.29, 1.82) is 0 Å². The number of hydrogen-bond acceptors (Lipinski definition) is 3. The smallest absolute Gasteiger partial charge is 0.0546 e. The predicted octanol–water partition coefficient (Wildman–Crippen LogP) is 13.8. The van der Waals surface area contributed by atoms with Gasteiger partial charge in [0.1, 0.15) is 0 Å². The van der Waals surface area contributed by atoms with Crippen molar-refractivity contribution in [3.63, 3.8) is 0 Å². The zero-order valence-electron chi connectivity index (χ0n) is 26.8. The van der Waals surface area contributed by atoms with E-state index in [2.05, 4.69) is 204 Å². The fraction of sp³-hybridized carbons (Fsp3) is 0. The monoisotopic (exact) mass is 644 g/mol. The van der Waals surface area contributed by atoms with Gasteiger partial charge >= 0.3 is 0 Å². The van der Waals surface area contributed by atoms with Gasteiger partial charge in [-0.25, -0.2) is 0 Å². The van der Waals surface area contributed by atoms with Crippen LogP contribution in [0.3, 0.4) is 0 Å². The minimum atomic E-state index is 1.10. The van der Waals surface area contributed by atoms with Crippen LogP contribution < -0.4 is 9.80 Å². The quantitative estimate of drug-likeness (QED) is 0.170. The lowest BCUT2D eigenvalue weighted by Gasteiger charge is -2.30. The van der Waals surface area contributed by atoms with E-state index in [1.807, 2.05) is 11.3 Å². The van der Waals surface area contributed by atoms with Crippen molar-refractivity contribution in [2.45, 2.75) is 0 Å². The summed E-state index contributed by atoms with van der Waals surface area (Å²) >= 11 is 1.86. The van der Waals surface area contributed by atoms with E-state index in [4.69, 9.17) is 0 Å². The molecule has 0 atom stereocenters. The molecule has 0 aliphatic carbocycles. The van der Waals surface area contributed by atoms with Crippen LogP contribution in [0.25, 0.3) is 42.1 Å². The highest BCUT2D eigenvalue weighted by molar-refractivity contribution is 7.25. The largest absolute Gasteiger partial charge is 0.311 e. The SMILES string of the molecule is c1ccc(-c2cc3ccccc3cc2N(c2ccc(N(c3ccccc3)c3ccccc3)cc2)c2ccc3c(c2)sc2ccccc23)cc1. The fourth-order valence-electron chi connectivity index (χ4n) is 6.90. The molecule has 0 bridgehead atoms. The van der Waals surface area contributed by atoms with Gasteiger partial charge in [-0.3, -0.25) is 0 Å².